The first-order chi connectivity index (χ1) is 7.28. The molecule has 1 heteroatoms. The zero-order chi connectivity index (χ0) is 11.5. The molecule has 0 nitrogen and oxygen atoms in total. The van der Waals surface area contributed by atoms with E-state index in [9.17, 15) is 0 Å². The summed E-state index contributed by atoms with van der Waals surface area (Å²) in [5.74, 6) is 0. The summed E-state index contributed by atoms with van der Waals surface area (Å²) in [4.78, 5) is 0. The molecule has 0 aromatic heterocycles. The summed E-state index contributed by atoms with van der Waals surface area (Å²) in [5.41, 5.74) is 2.45. The highest BCUT2D eigenvalue weighted by atomic mass is 13.8. The lowest BCUT2D eigenvalue weighted by atomic mass is 9.62. The fourth-order valence-electron chi connectivity index (χ4n) is 1.19. The molecule has 0 saturated heterocycles. The van der Waals surface area contributed by atoms with Crippen molar-refractivity contribution in [2.45, 2.75) is 13.8 Å². The average molecular weight is 198 g/mol. The molecule has 0 radical (unpaired) electrons. The molecule has 0 aromatic carbocycles. The highest BCUT2D eigenvalue weighted by Gasteiger charge is 1.97. The van der Waals surface area contributed by atoms with E-state index in [0.717, 1.165) is 7.28 Å². The molecule has 0 rings (SSSR count). The normalized spacial score (nSPS) is 13.5. The van der Waals surface area contributed by atoms with Crippen molar-refractivity contribution in [2.75, 3.05) is 0 Å². The summed E-state index contributed by atoms with van der Waals surface area (Å²) in [6.07, 6.45) is 16.0. The van der Waals surface area contributed by atoms with Gasteiger partial charge in [0.15, 0.2) is 7.28 Å². The number of allylic oxidation sites excluding steroid dienone is 10. The van der Waals surface area contributed by atoms with Gasteiger partial charge in [0.2, 0.25) is 0 Å². The van der Waals surface area contributed by atoms with E-state index in [1.54, 1.807) is 0 Å². The van der Waals surface area contributed by atoms with Crippen LogP contribution in [0.15, 0.2) is 72.7 Å². The molecule has 0 aliphatic heterocycles. The quantitative estimate of drug-likeness (QED) is 0.450. The Balaban J connectivity index is 4.70. The topological polar surface area (TPSA) is 0 Å². The predicted molar refractivity (Wildman–Crippen MR) is 73.3 cm³/mol. The van der Waals surface area contributed by atoms with Crippen LogP contribution in [0.5, 0.6) is 0 Å². The van der Waals surface area contributed by atoms with Gasteiger partial charge in [0, 0.05) is 0 Å². The molecule has 0 fully saturated rings. The highest BCUT2D eigenvalue weighted by Crippen LogP contribution is 2.04. The smallest absolute Gasteiger partial charge is 0.0996 e. The third kappa shape index (κ3) is 6.56. The molecule has 15 heavy (non-hydrogen) atoms. The van der Waals surface area contributed by atoms with Crippen LogP contribution in [-0.2, 0) is 0 Å². The summed E-state index contributed by atoms with van der Waals surface area (Å²) in [6, 6.07) is 0. The Morgan fingerprint density at radius 3 is 2.20 bits per heavy atom. The number of hydrogen-bond donors (Lipinski definition) is 0. The van der Waals surface area contributed by atoms with Crippen LogP contribution in [0.1, 0.15) is 13.8 Å². The van der Waals surface area contributed by atoms with E-state index in [4.69, 9.17) is 0 Å². The van der Waals surface area contributed by atoms with Crippen molar-refractivity contribution in [3.8, 4) is 0 Å². The van der Waals surface area contributed by atoms with E-state index in [2.05, 4.69) is 25.3 Å². The SMILES string of the molecule is C=C/C=C(B/C(C=C)=C/C=C\C)/C=C/C. The second kappa shape index (κ2) is 9.08. The van der Waals surface area contributed by atoms with E-state index < -0.39 is 0 Å². The predicted octanol–water partition coefficient (Wildman–Crippen LogP) is 3.71. The molecule has 0 saturated carbocycles. The second-order valence-electron chi connectivity index (χ2n) is 3.13. The lowest BCUT2D eigenvalue weighted by Gasteiger charge is -2.00. The molecule has 0 aromatic rings. The van der Waals surface area contributed by atoms with E-state index in [-0.39, 0.29) is 0 Å². The Morgan fingerprint density at radius 2 is 1.73 bits per heavy atom. The number of hydrogen-bond acceptors (Lipinski definition) is 0. The minimum atomic E-state index is 0.893. The van der Waals surface area contributed by atoms with Crippen LogP contribution in [0, 0.1) is 0 Å². The second-order valence-corrected chi connectivity index (χ2v) is 3.13. The van der Waals surface area contributed by atoms with Crippen molar-refractivity contribution in [1.29, 1.82) is 0 Å². The highest BCUT2D eigenvalue weighted by molar-refractivity contribution is 6.55. The third-order valence-electron chi connectivity index (χ3n) is 1.89. The standard InChI is InChI=1S/C14H19B/c1-5-9-12-13(8-4)15-14(10-6-2)11-7-3/h5-12,15H,2,4H2,1,3H3/b9-5-,11-7+,13-12+,14-10-. The molecule has 0 spiro atoms. The van der Waals surface area contributed by atoms with Crippen molar-refractivity contribution < 1.29 is 0 Å². The Hall–Kier alpha value is -1.50. The van der Waals surface area contributed by atoms with Crippen LogP contribution in [-0.4, -0.2) is 7.28 Å². The molecule has 0 atom stereocenters. The van der Waals surface area contributed by atoms with Crippen LogP contribution in [0.2, 0.25) is 0 Å². The van der Waals surface area contributed by atoms with Crippen molar-refractivity contribution >= 4 is 7.28 Å². The van der Waals surface area contributed by atoms with Gasteiger partial charge in [0.05, 0.1) is 0 Å². The first-order valence-corrected chi connectivity index (χ1v) is 5.17. The van der Waals surface area contributed by atoms with E-state index in [0.29, 0.717) is 0 Å². The Morgan fingerprint density at radius 1 is 1.00 bits per heavy atom. The van der Waals surface area contributed by atoms with Gasteiger partial charge >= 0.3 is 0 Å². The minimum absolute atomic E-state index is 0.893. The van der Waals surface area contributed by atoms with Crippen molar-refractivity contribution in [3.05, 3.63) is 72.7 Å². The Labute approximate surface area is 94.3 Å². The monoisotopic (exact) mass is 198 g/mol. The zero-order valence-corrected chi connectivity index (χ0v) is 9.74. The van der Waals surface area contributed by atoms with Crippen LogP contribution in [0.4, 0.5) is 0 Å². The molecule has 0 unspecified atom stereocenters. The summed E-state index contributed by atoms with van der Waals surface area (Å²) >= 11 is 0. The van der Waals surface area contributed by atoms with Crippen LogP contribution in [0.25, 0.3) is 0 Å². The minimum Gasteiger partial charge on any atom is -0.0996 e. The first kappa shape index (κ1) is 13.5. The summed E-state index contributed by atoms with van der Waals surface area (Å²) in [6.45, 7) is 11.5. The van der Waals surface area contributed by atoms with Gasteiger partial charge in [-0.15, -0.1) is 0 Å². The molecule has 0 bridgehead atoms. The van der Waals surface area contributed by atoms with Crippen molar-refractivity contribution in [3.63, 3.8) is 0 Å². The lowest BCUT2D eigenvalue weighted by Crippen LogP contribution is -1.96. The fourth-order valence-corrected chi connectivity index (χ4v) is 1.19. The van der Waals surface area contributed by atoms with E-state index >= 15 is 0 Å². The summed E-state index contributed by atoms with van der Waals surface area (Å²) < 4.78 is 0. The van der Waals surface area contributed by atoms with Gasteiger partial charge in [0.1, 0.15) is 0 Å². The van der Waals surface area contributed by atoms with Crippen LogP contribution in [0.3, 0.4) is 0 Å². The largest absolute Gasteiger partial charge is 0.192 e. The Bertz CT molecular complexity index is 314. The van der Waals surface area contributed by atoms with Gasteiger partial charge in [0.25, 0.3) is 0 Å². The van der Waals surface area contributed by atoms with Crippen LogP contribution < -0.4 is 0 Å². The molecular weight excluding hydrogens is 179 g/mol. The third-order valence-corrected chi connectivity index (χ3v) is 1.89. The maximum Gasteiger partial charge on any atom is 0.192 e. The summed E-state index contributed by atoms with van der Waals surface area (Å²) in [5, 5.41) is 0. The van der Waals surface area contributed by atoms with Gasteiger partial charge in [-0.25, -0.2) is 0 Å². The summed E-state index contributed by atoms with van der Waals surface area (Å²) in [7, 11) is 0.893. The molecule has 0 N–H and O–H groups in total. The van der Waals surface area contributed by atoms with Gasteiger partial charge in [-0.3, -0.25) is 0 Å². The van der Waals surface area contributed by atoms with Crippen molar-refractivity contribution in [2.24, 2.45) is 0 Å². The zero-order valence-electron chi connectivity index (χ0n) is 9.74. The Kier molecular flexibility index (Phi) is 8.17. The number of rotatable bonds is 6. The molecule has 0 amide bonds. The first-order valence-electron chi connectivity index (χ1n) is 5.17. The van der Waals surface area contributed by atoms with Gasteiger partial charge in [-0.1, -0.05) is 72.7 Å². The van der Waals surface area contributed by atoms with Crippen molar-refractivity contribution in [1.82, 2.24) is 0 Å². The molecule has 0 aliphatic rings. The van der Waals surface area contributed by atoms with Gasteiger partial charge in [-0.05, 0) is 13.8 Å². The average Bonchev–Trinajstić information content (AvgIpc) is 2.24. The fraction of sp³-hybridized carbons (Fsp3) is 0.143. The maximum atomic E-state index is 3.81. The van der Waals surface area contributed by atoms with E-state index in [1.165, 1.54) is 10.9 Å². The molecule has 78 valence electrons. The molecule has 0 heterocycles. The maximum absolute atomic E-state index is 3.81. The van der Waals surface area contributed by atoms with Crippen LogP contribution >= 0.6 is 0 Å². The van der Waals surface area contributed by atoms with Gasteiger partial charge in [-0.2, -0.15) is 0 Å². The molecule has 0 aliphatic carbocycles. The van der Waals surface area contributed by atoms with E-state index in [1.807, 2.05) is 50.3 Å². The van der Waals surface area contributed by atoms with Gasteiger partial charge < -0.3 is 0 Å². The lowest BCUT2D eigenvalue weighted by molar-refractivity contribution is 1.68. The molecular formula is C14H19B.